The number of fused-ring (bicyclic) bond motifs is 1. The number of carbonyl (C=O) groups is 2. The Kier molecular flexibility index (Phi) is 8.31. The van der Waals surface area contributed by atoms with Crippen LogP contribution in [0.5, 0.6) is 11.5 Å². The van der Waals surface area contributed by atoms with Crippen molar-refractivity contribution in [2.45, 2.75) is 25.8 Å². The quantitative estimate of drug-likeness (QED) is 0.381. The molecular weight excluding hydrogens is 484 g/mol. The average Bonchev–Trinajstić information content (AvgIpc) is 3.36. The highest BCUT2D eigenvalue weighted by Gasteiger charge is 2.33. The first-order valence-electron chi connectivity index (χ1n) is 11.7. The van der Waals surface area contributed by atoms with Crippen LogP contribution in [0.3, 0.4) is 0 Å². The van der Waals surface area contributed by atoms with E-state index in [2.05, 4.69) is 11.4 Å². The zero-order chi connectivity index (χ0) is 24.8. The first kappa shape index (κ1) is 25.1. The fraction of sp³-hybridized carbons (Fsp3) is 0.333. The van der Waals surface area contributed by atoms with Crippen LogP contribution >= 0.6 is 22.9 Å². The van der Waals surface area contributed by atoms with E-state index in [1.165, 1.54) is 4.88 Å². The number of thiophene rings is 1. The second-order valence-corrected chi connectivity index (χ2v) is 9.81. The van der Waals surface area contributed by atoms with Gasteiger partial charge in [0, 0.05) is 28.6 Å². The Morgan fingerprint density at radius 1 is 1.14 bits per heavy atom. The van der Waals surface area contributed by atoms with E-state index >= 15 is 0 Å². The summed E-state index contributed by atoms with van der Waals surface area (Å²) in [4.78, 5) is 31.6. The van der Waals surface area contributed by atoms with Crippen molar-refractivity contribution in [2.24, 2.45) is 0 Å². The molecule has 0 unspecified atom stereocenters. The molecule has 0 spiro atoms. The van der Waals surface area contributed by atoms with Gasteiger partial charge in [0.2, 0.25) is 5.91 Å². The van der Waals surface area contributed by atoms with Crippen molar-refractivity contribution in [1.29, 1.82) is 0 Å². The standard InChI is InChI=1S/C27H29ClN2O4S/c1-3-13-29(27(32)19-5-4-6-22(16-19)33-2)17-26(31)30-14-11-25-23(12-15-35-25)24(30)18-34-21-9-7-20(28)8-10-21/h4-10,12,15-16,24H,3,11,13-14,17-18H2,1-2H3/t24-/m1/s1. The average molecular weight is 513 g/mol. The number of hydrogen-bond donors (Lipinski definition) is 0. The summed E-state index contributed by atoms with van der Waals surface area (Å²) in [7, 11) is 1.57. The number of rotatable bonds is 9. The van der Waals surface area contributed by atoms with Gasteiger partial charge in [0.1, 0.15) is 24.7 Å². The van der Waals surface area contributed by atoms with Crippen molar-refractivity contribution < 1.29 is 19.1 Å². The summed E-state index contributed by atoms with van der Waals surface area (Å²) in [6.45, 7) is 3.42. The minimum atomic E-state index is -0.219. The summed E-state index contributed by atoms with van der Waals surface area (Å²) in [6, 6.07) is 16.1. The number of amides is 2. The number of nitrogens with zero attached hydrogens (tertiary/aromatic N) is 2. The Bertz CT molecular complexity index is 1160. The summed E-state index contributed by atoms with van der Waals surface area (Å²) in [5.41, 5.74) is 1.62. The monoisotopic (exact) mass is 512 g/mol. The fourth-order valence-corrected chi connectivity index (χ4v) is 5.35. The lowest BCUT2D eigenvalue weighted by molar-refractivity contribution is -0.135. The van der Waals surface area contributed by atoms with Crippen molar-refractivity contribution in [1.82, 2.24) is 9.80 Å². The Labute approximate surface area is 215 Å². The molecule has 1 atom stereocenters. The van der Waals surface area contributed by atoms with Gasteiger partial charge in [-0.2, -0.15) is 0 Å². The van der Waals surface area contributed by atoms with E-state index in [9.17, 15) is 9.59 Å². The Balaban J connectivity index is 1.51. The smallest absolute Gasteiger partial charge is 0.254 e. The maximum atomic E-state index is 13.6. The van der Waals surface area contributed by atoms with Crippen LogP contribution in [0.1, 0.15) is 40.2 Å². The molecule has 0 saturated heterocycles. The normalized spacial score (nSPS) is 14.8. The minimum absolute atomic E-state index is 0.0147. The van der Waals surface area contributed by atoms with E-state index < -0.39 is 0 Å². The van der Waals surface area contributed by atoms with Crippen LogP contribution in [0.4, 0.5) is 0 Å². The van der Waals surface area contributed by atoms with Gasteiger partial charge in [-0.3, -0.25) is 9.59 Å². The van der Waals surface area contributed by atoms with Crippen LogP contribution in [0.15, 0.2) is 60.0 Å². The summed E-state index contributed by atoms with van der Waals surface area (Å²) < 4.78 is 11.3. The van der Waals surface area contributed by atoms with Gasteiger partial charge >= 0.3 is 0 Å². The predicted octanol–water partition coefficient (Wildman–Crippen LogP) is 5.47. The largest absolute Gasteiger partial charge is 0.497 e. The van der Waals surface area contributed by atoms with Crippen LogP contribution in [-0.4, -0.2) is 55.0 Å². The van der Waals surface area contributed by atoms with Gasteiger partial charge in [-0.05, 0) is 72.3 Å². The van der Waals surface area contributed by atoms with Gasteiger partial charge in [-0.25, -0.2) is 0 Å². The number of ether oxygens (including phenoxy) is 2. The molecule has 184 valence electrons. The molecule has 0 fully saturated rings. The van der Waals surface area contributed by atoms with Crippen molar-refractivity contribution in [2.75, 3.05) is 33.4 Å². The molecule has 0 radical (unpaired) electrons. The molecular formula is C27H29ClN2O4S. The highest BCUT2D eigenvalue weighted by atomic mass is 35.5. The summed E-state index contributed by atoms with van der Waals surface area (Å²) in [5, 5.41) is 2.70. The second kappa shape index (κ2) is 11.6. The molecule has 2 amide bonds. The van der Waals surface area contributed by atoms with Crippen molar-refractivity contribution in [3.63, 3.8) is 0 Å². The number of hydrogen-bond acceptors (Lipinski definition) is 5. The van der Waals surface area contributed by atoms with Gasteiger partial charge in [-0.15, -0.1) is 11.3 Å². The van der Waals surface area contributed by atoms with Gasteiger partial charge < -0.3 is 19.3 Å². The van der Waals surface area contributed by atoms with E-state index in [-0.39, 0.29) is 24.4 Å². The molecule has 0 aliphatic carbocycles. The predicted molar refractivity (Wildman–Crippen MR) is 139 cm³/mol. The molecule has 8 heteroatoms. The van der Waals surface area contributed by atoms with E-state index in [1.54, 1.807) is 59.7 Å². The number of carbonyl (C=O) groups excluding carboxylic acids is 2. The molecule has 6 nitrogen and oxygen atoms in total. The lowest BCUT2D eigenvalue weighted by Crippen LogP contribution is -2.48. The molecule has 2 heterocycles. The molecule has 0 bridgehead atoms. The second-order valence-electron chi connectivity index (χ2n) is 8.38. The zero-order valence-electron chi connectivity index (χ0n) is 19.9. The summed E-state index contributed by atoms with van der Waals surface area (Å²) in [5.74, 6) is 1.04. The minimum Gasteiger partial charge on any atom is -0.497 e. The molecule has 1 aromatic heterocycles. The van der Waals surface area contributed by atoms with E-state index in [1.807, 2.05) is 24.0 Å². The highest BCUT2D eigenvalue weighted by molar-refractivity contribution is 7.10. The van der Waals surface area contributed by atoms with Crippen LogP contribution < -0.4 is 9.47 Å². The van der Waals surface area contributed by atoms with E-state index in [4.69, 9.17) is 21.1 Å². The van der Waals surface area contributed by atoms with Crippen LogP contribution in [0.25, 0.3) is 0 Å². The molecule has 1 aliphatic heterocycles. The molecule has 2 aromatic carbocycles. The Hall–Kier alpha value is -3.03. The Morgan fingerprint density at radius 2 is 1.94 bits per heavy atom. The van der Waals surface area contributed by atoms with Crippen LogP contribution in [0.2, 0.25) is 5.02 Å². The van der Waals surface area contributed by atoms with Gasteiger partial charge in [0.15, 0.2) is 0 Å². The zero-order valence-corrected chi connectivity index (χ0v) is 21.5. The molecule has 0 saturated carbocycles. The number of halogens is 1. The third kappa shape index (κ3) is 5.97. The molecule has 3 aromatic rings. The summed E-state index contributed by atoms with van der Waals surface area (Å²) in [6.07, 6.45) is 1.55. The topological polar surface area (TPSA) is 59.1 Å². The van der Waals surface area contributed by atoms with E-state index in [0.29, 0.717) is 41.8 Å². The molecule has 0 N–H and O–H groups in total. The van der Waals surface area contributed by atoms with Crippen molar-refractivity contribution in [3.05, 3.63) is 81.0 Å². The Morgan fingerprint density at radius 3 is 2.69 bits per heavy atom. The number of benzene rings is 2. The SMILES string of the molecule is CCCN(CC(=O)N1CCc2sccc2[C@H]1COc1ccc(Cl)cc1)C(=O)c1cccc(OC)c1. The van der Waals surface area contributed by atoms with Crippen LogP contribution in [0, 0.1) is 0 Å². The lowest BCUT2D eigenvalue weighted by atomic mass is 10.0. The first-order chi connectivity index (χ1) is 17.0. The molecule has 4 rings (SSSR count). The third-order valence-corrected chi connectivity index (χ3v) is 7.31. The van der Waals surface area contributed by atoms with Gasteiger partial charge in [-0.1, -0.05) is 24.6 Å². The fourth-order valence-electron chi connectivity index (χ4n) is 4.30. The maximum Gasteiger partial charge on any atom is 0.254 e. The van der Waals surface area contributed by atoms with Gasteiger partial charge in [0.05, 0.1) is 13.2 Å². The first-order valence-corrected chi connectivity index (χ1v) is 12.9. The maximum absolute atomic E-state index is 13.6. The van der Waals surface area contributed by atoms with Gasteiger partial charge in [0.25, 0.3) is 5.91 Å². The highest BCUT2D eigenvalue weighted by Crippen LogP contribution is 2.34. The van der Waals surface area contributed by atoms with Crippen LogP contribution in [-0.2, 0) is 11.2 Å². The summed E-state index contributed by atoms with van der Waals surface area (Å²) >= 11 is 7.70. The third-order valence-electron chi connectivity index (χ3n) is 6.06. The molecule has 1 aliphatic rings. The molecule has 35 heavy (non-hydrogen) atoms. The van der Waals surface area contributed by atoms with Crippen molar-refractivity contribution in [3.8, 4) is 11.5 Å². The number of methoxy groups -OCH3 is 1. The lowest BCUT2D eigenvalue weighted by Gasteiger charge is -2.37. The van der Waals surface area contributed by atoms with E-state index in [0.717, 1.165) is 18.4 Å². The van der Waals surface area contributed by atoms with Crippen molar-refractivity contribution >= 4 is 34.8 Å².